The van der Waals surface area contributed by atoms with E-state index in [2.05, 4.69) is 35.1 Å². The van der Waals surface area contributed by atoms with Crippen molar-refractivity contribution in [2.45, 2.75) is 19.6 Å². The van der Waals surface area contributed by atoms with Crippen LogP contribution in [0.2, 0.25) is 0 Å². The number of carboxylic acid groups (broad SMARTS) is 1. The van der Waals surface area contributed by atoms with Gasteiger partial charge in [-0.2, -0.15) is 9.97 Å². The van der Waals surface area contributed by atoms with Crippen LogP contribution in [0.3, 0.4) is 0 Å². The first-order valence-electron chi connectivity index (χ1n) is 10.8. The third-order valence-corrected chi connectivity index (χ3v) is 6.46. The van der Waals surface area contributed by atoms with E-state index in [0.717, 1.165) is 12.6 Å². The SMILES string of the molecule is CNc1nc(N)c2nc(CN(C)c3ccc(C(=O)NCCP(=O)(O)O[C@@H](C)C(=O)O)cc3)cnc2n1. The molecule has 0 radical (unpaired) electrons. The minimum Gasteiger partial charge on any atom is -0.479 e. The molecule has 192 valence electrons. The number of nitrogens with one attached hydrogen (secondary N) is 2. The Morgan fingerprint density at radius 3 is 2.56 bits per heavy atom. The molecule has 2 heterocycles. The fourth-order valence-electron chi connectivity index (χ4n) is 3.11. The summed E-state index contributed by atoms with van der Waals surface area (Å²) >= 11 is 0. The van der Waals surface area contributed by atoms with Crippen molar-refractivity contribution < 1.29 is 28.7 Å². The Morgan fingerprint density at radius 2 is 1.92 bits per heavy atom. The lowest BCUT2D eigenvalue weighted by Gasteiger charge is -2.19. The van der Waals surface area contributed by atoms with Crippen molar-refractivity contribution in [1.29, 1.82) is 0 Å². The van der Waals surface area contributed by atoms with Gasteiger partial charge in [0.2, 0.25) is 5.95 Å². The predicted octanol–water partition coefficient (Wildman–Crippen LogP) is 1.09. The van der Waals surface area contributed by atoms with Gasteiger partial charge in [-0.25, -0.2) is 14.8 Å². The number of aromatic nitrogens is 4. The number of aliphatic carboxylic acids is 1. The number of hydrogen-bond acceptors (Lipinski definition) is 11. The molecule has 0 saturated heterocycles. The molecule has 3 rings (SSSR count). The summed E-state index contributed by atoms with van der Waals surface area (Å²) in [5.41, 5.74) is 8.56. The van der Waals surface area contributed by atoms with E-state index in [4.69, 9.17) is 10.8 Å². The van der Waals surface area contributed by atoms with E-state index >= 15 is 0 Å². The van der Waals surface area contributed by atoms with E-state index in [1.165, 1.54) is 0 Å². The number of carbonyl (C=O) groups is 2. The molecule has 36 heavy (non-hydrogen) atoms. The fourth-order valence-corrected chi connectivity index (χ4v) is 4.20. The smallest absolute Gasteiger partial charge is 0.333 e. The van der Waals surface area contributed by atoms with Crippen LogP contribution in [0.4, 0.5) is 17.5 Å². The average molecular weight is 518 g/mol. The molecule has 0 aliphatic rings. The van der Waals surface area contributed by atoms with Gasteiger partial charge in [-0.15, -0.1) is 0 Å². The largest absolute Gasteiger partial charge is 0.479 e. The molecule has 2 aromatic heterocycles. The summed E-state index contributed by atoms with van der Waals surface area (Å²) in [4.78, 5) is 51.9. The fraction of sp³-hybridized carbons (Fsp3) is 0.333. The number of amides is 1. The summed E-state index contributed by atoms with van der Waals surface area (Å²) in [5.74, 6) is -1.23. The number of anilines is 3. The second-order valence-corrected chi connectivity index (χ2v) is 9.75. The Labute approximate surface area is 206 Å². The first-order valence-corrected chi connectivity index (χ1v) is 12.5. The Balaban J connectivity index is 1.58. The molecule has 3 aromatic rings. The van der Waals surface area contributed by atoms with E-state index in [0.29, 0.717) is 34.9 Å². The zero-order valence-electron chi connectivity index (χ0n) is 19.9. The van der Waals surface area contributed by atoms with Gasteiger partial charge in [0.15, 0.2) is 23.1 Å². The highest BCUT2D eigenvalue weighted by Crippen LogP contribution is 2.42. The van der Waals surface area contributed by atoms with Crippen LogP contribution >= 0.6 is 7.60 Å². The highest BCUT2D eigenvalue weighted by atomic mass is 31.2. The normalized spacial score (nSPS) is 13.6. The van der Waals surface area contributed by atoms with Crippen molar-refractivity contribution in [3.05, 3.63) is 41.7 Å². The molecule has 1 aromatic carbocycles. The van der Waals surface area contributed by atoms with Gasteiger partial charge in [0.25, 0.3) is 5.91 Å². The summed E-state index contributed by atoms with van der Waals surface area (Å²) in [7, 11) is -0.630. The van der Waals surface area contributed by atoms with Crippen molar-refractivity contribution in [3.63, 3.8) is 0 Å². The van der Waals surface area contributed by atoms with Crippen LogP contribution in [0.25, 0.3) is 11.2 Å². The predicted molar refractivity (Wildman–Crippen MR) is 133 cm³/mol. The molecule has 0 saturated carbocycles. The molecule has 1 unspecified atom stereocenters. The molecule has 2 atom stereocenters. The second-order valence-electron chi connectivity index (χ2n) is 7.82. The lowest BCUT2D eigenvalue weighted by atomic mass is 10.2. The standard InChI is InChI=1S/C21H27N8O6P/c1-12(20(31)32)35-36(33,34)9-8-24-19(30)13-4-6-15(7-5-13)29(3)11-14-10-25-18-16(26-14)17(22)27-21(23-2)28-18/h4-7,10,12H,8-9,11H2,1-3H3,(H,24,30)(H,31,32)(H,33,34)(H3,22,23,25,27,28)/t12-/m0/s1. The third kappa shape index (κ3) is 6.84. The van der Waals surface area contributed by atoms with Crippen LogP contribution in [0.15, 0.2) is 30.5 Å². The highest BCUT2D eigenvalue weighted by Gasteiger charge is 2.26. The van der Waals surface area contributed by atoms with Crippen molar-refractivity contribution in [3.8, 4) is 0 Å². The quantitative estimate of drug-likeness (QED) is 0.226. The van der Waals surface area contributed by atoms with E-state index in [-0.39, 0.29) is 12.4 Å². The third-order valence-electron chi connectivity index (χ3n) is 5.03. The Morgan fingerprint density at radius 1 is 1.22 bits per heavy atom. The number of carbonyl (C=O) groups excluding carboxylic acids is 1. The number of fused-ring (bicyclic) bond motifs is 1. The zero-order valence-corrected chi connectivity index (χ0v) is 20.8. The van der Waals surface area contributed by atoms with E-state index in [1.54, 1.807) is 37.5 Å². The van der Waals surface area contributed by atoms with Crippen LogP contribution in [0.5, 0.6) is 0 Å². The molecular formula is C21H27N8O6P. The van der Waals surface area contributed by atoms with Gasteiger partial charge in [0, 0.05) is 31.9 Å². The van der Waals surface area contributed by atoms with E-state index in [9.17, 15) is 19.0 Å². The average Bonchev–Trinajstić information content (AvgIpc) is 2.83. The summed E-state index contributed by atoms with van der Waals surface area (Å²) in [6.07, 6.45) is -0.248. The molecule has 0 aliphatic heterocycles. The first-order chi connectivity index (χ1) is 17.0. The first kappa shape index (κ1) is 26.7. The van der Waals surface area contributed by atoms with Gasteiger partial charge >= 0.3 is 13.6 Å². The number of benzene rings is 1. The summed E-state index contributed by atoms with van der Waals surface area (Å²) < 4.78 is 16.6. The number of nitrogen functional groups attached to an aromatic ring is 1. The van der Waals surface area contributed by atoms with Crippen molar-refractivity contribution in [1.82, 2.24) is 25.3 Å². The molecule has 0 spiro atoms. The van der Waals surface area contributed by atoms with Gasteiger partial charge < -0.3 is 31.3 Å². The summed E-state index contributed by atoms with van der Waals surface area (Å²) in [5, 5.41) is 14.1. The van der Waals surface area contributed by atoms with Crippen LogP contribution in [-0.2, 0) is 20.4 Å². The molecule has 0 aliphatic carbocycles. The molecule has 14 nitrogen and oxygen atoms in total. The van der Waals surface area contributed by atoms with Crippen LogP contribution in [-0.4, -0.2) is 74.7 Å². The van der Waals surface area contributed by atoms with Gasteiger partial charge in [-0.05, 0) is 31.2 Å². The molecule has 0 bridgehead atoms. The molecule has 6 N–H and O–H groups in total. The molecule has 0 fully saturated rings. The number of hydrogen-bond donors (Lipinski definition) is 5. The monoisotopic (exact) mass is 518 g/mol. The summed E-state index contributed by atoms with van der Waals surface area (Å²) in [6, 6.07) is 6.71. The number of rotatable bonds is 11. The maximum atomic E-state index is 12.4. The molecule has 15 heteroatoms. The van der Waals surface area contributed by atoms with E-state index < -0.39 is 31.7 Å². The van der Waals surface area contributed by atoms with Crippen LogP contribution < -0.4 is 21.3 Å². The van der Waals surface area contributed by atoms with E-state index in [1.807, 2.05) is 11.9 Å². The second kappa shape index (κ2) is 11.2. The number of nitrogens with two attached hydrogens (primary N) is 1. The maximum absolute atomic E-state index is 12.4. The van der Waals surface area contributed by atoms with Crippen molar-refractivity contribution >= 4 is 48.1 Å². The number of nitrogens with zero attached hydrogens (tertiary/aromatic N) is 5. The minimum atomic E-state index is -4.16. The Bertz CT molecular complexity index is 1310. The van der Waals surface area contributed by atoms with Crippen LogP contribution in [0, 0.1) is 0 Å². The molecular weight excluding hydrogens is 491 g/mol. The lowest BCUT2D eigenvalue weighted by molar-refractivity contribution is -0.144. The zero-order chi connectivity index (χ0) is 26.5. The topological polar surface area (TPSA) is 206 Å². The number of carboxylic acids is 1. The van der Waals surface area contributed by atoms with Gasteiger partial charge in [0.1, 0.15) is 0 Å². The van der Waals surface area contributed by atoms with Gasteiger partial charge in [0.05, 0.1) is 24.6 Å². The van der Waals surface area contributed by atoms with Gasteiger partial charge in [-0.3, -0.25) is 13.9 Å². The lowest BCUT2D eigenvalue weighted by Crippen LogP contribution is -2.27. The van der Waals surface area contributed by atoms with Crippen molar-refractivity contribution in [2.75, 3.05) is 42.8 Å². The Hall–Kier alpha value is -3.87. The highest BCUT2D eigenvalue weighted by molar-refractivity contribution is 7.52. The van der Waals surface area contributed by atoms with Crippen LogP contribution in [0.1, 0.15) is 23.0 Å². The van der Waals surface area contributed by atoms with Gasteiger partial charge in [-0.1, -0.05) is 0 Å². The van der Waals surface area contributed by atoms with Crippen molar-refractivity contribution in [2.24, 2.45) is 0 Å². The maximum Gasteiger partial charge on any atom is 0.333 e. The Kier molecular flexibility index (Phi) is 8.35. The summed E-state index contributed by atoms with van der Waals surface area (Å²) in [6.45, 7) is 1.39. The minimum absolute atomic E-state index is 0.163. The molecule has 1 amide bonds.